The Morgan fingerprint density at radius 3 is 1.37 bits per heavy atom. The Morgan fingerprint density at radius 1 is 0.500 bits per heavy atom. The molecule has 19 aliphatic rings. The Morgan fingerprint density at radius 2 is 0.929 bits per heavy atom. The molecule has 0 radical (unpaired) electrons. The van der Waals surface area contributed by atoms with E-state index in [1.54, 1.807) is 32.3 Å². The van der Waals surface area contributed by atoms with Gasteiger partial charge in [-0.3, -0.25) is 65.8 Å². The fourth-order valence-electron chi connectivity index (χ4n) is 19.6. The first kappa shape index (κ1) is 95.1. The first-order valence-electron chi connectivity index (χ1n) is 44.0. The van der Waals surface area contributed by atoms with Crippen LogP contribution in [0.25, 0.3) is 0 Å². The lowest BCUT2D eigenvalue weighted by atomic mass is 9.93. The van der Waals surface area contributed by atoms with E-state index in [0.29, 0.717) is 79.1 Å². The van der Waals surface area contributed by atoms with Crippen molar-refractivity contribution < 1.29 is 59.4 Å². The highest BCUT2D eigenvalue weighted by Crippen LogP contribution is 2.56. The Bertz CT molecular complexity index is 4410. The summed E-state index contributed by atoms with van der Waals surface area (Å²) in [5, 5.41) is 110. The summed E-state index contributed by atoms with van der Waals surface area (Å²) in [6.07, 6.45) is 14.0. The molecule has 28 N–H and O–H groups in total. The molecule has 7 fully saturated rings. The number of aliphatic hydroxyl groups excluding tert-OH is 6. The van der Waals surface area contributed by atoms with Gasteiger partial charge in [0, 0.05) is 113 Å². The average Bonchev–Trinajstić information content (AvgIpc) is 1.59. The summed E-state index contributed by atoms with van der Waals surface area (Å²) in [4.78, 5) is 107. The lowest BCUT2D eigenvalue weighted by molar-refractivity contribution is -0.128. The molecule has 694 valence electrons. The molecular formula is C85H137N29O12. The monoisotopic (exact) mass is 1760 g/mol. The van der Waals surface area contributed by atoms with Crippen molar-refractivity contribution in [2.24, 2.45) is 142 Å². The summed E-state index contributed by atoms with van der Waals surface area (Å²) in [6, 6.07) is -0.116. The fourth-order valence-corrected chi connectivity index (χ4v) is 19.6. The van der Waals surface area contributed by atoms with Crippen molar-refractivity contribution in [1.29, 1.82) is 10.8 Å². The largest absolute Gasteiger partial charge is 0.392 e. The number of aliphatic imine (C=N–C) groups is 6. The van der Waals surface area contributed by atoms with Crippen LogP contribution in [0.4, 0.5) is 0 Å². The normalized spacial score (nSPS) is 38.1. The highest BCUT2D eigenvalue weighted by Gasteiger charge is 2.61. The minimum Gasteiger partial charge on any atom is -0.392 e. The number of nitrogens with two attached hydrogens (primary N) is 4. The SMILES string of the molecule is CC(=N)C1=CN(C(C)(C)C)C2NC(=N)NC(=O)C12.CC(C)(C)N1C=C(CNC2C(O)C(O)C3CC32)C2C(=O)NC(N)=NC21.CC(C)C.CC(C)C.CC1C(O)C2CC2C1NCC1=CN(C)C2N=C(N)NC(=O)C12.CC1C(O)C2CC2C1NCC1=CN(C)C2N=C(N)NC(=O)C12.CN1C=NC2NC=NC2C1=O.NC1=NC2NC=C(CNC3C=CC(O)C3O)C2C(=O)N1. The smallest absolute Gasteiger partial charge is 0.256 e. The molecule has 30 unspecified atom stereocenters. The molecule has 12 aliphatic heterocycles. The molecule has 1 saturated heterocycles. The van der Waals surface area contributed by atoms with E-state index >= 15 is 0 Å². The molecule has 0 aromatic rings. The number of fused-ring (bicyclic) bond motifs is 9. The second kappa shape index (κ2) is 38.1. The summed E-state index contributed by atoms with van der Waals surface area (Å²) >= 11 is 0. The van der Waals surface area contributed by atoms with Crippen molar-refractivity contribution in [2.45, 2.75) is 238 Å². The van der Waals surface area contributed by atoms with E-state index in [0.717, 1.165) is 53.4 Å². The van der Waals surface area contributed by atoms with Gasteiger partial charge in [0.05, 0.1) is 49.2 Å². The van der Waals surface area contributed by atoms with Crippen LogP contribution in [-0.4, -0.2) is 301 Å². The molecule has 41 nitrogen and oxygen atoms in total. The maximum atomic E-state index is 12.5. The van der Waals surface area contributed by atoms with Crippen molar-refractivity contribution >= 4 is 83.6 Å². The zero-order valence-corrected chi connectivity index (χ0v) is 75.5. The molecule has 6 saturated carbocycles. The lowest BCUT2D eigenvalue weighted by Gasteiger charge is -2.41. The number of rotatable bonds is 13. The van der Waals surface area contributed by atoms with Crippen LogP contribution in [0.15, 0.2) is 101 Å². The van der Waals surface area contributed by atoms with E-state index in [4.69, 9.17) is 33.8 Å². The van der Waals surface area contributed by atoms with Gasteiger partial charge in [-0.25, -0.2) is 25.0 Å². The van der Waals surface area contributed by atoms with Crippen molar-refractivity contribution in [3.63, 3.8) is 0 Å². The Hall–Kier alpha value is -9.98. The van der Waals surface area contributed by atoms with Crippen molar-refractivity contribution in [3.05, 3.63) is 71.0 Å². The first-order valence-corrected chi connectivity index (χ1v) is 44.0. The average molecular weight is 1760 g/mol. The first-order chi connectivity index (χ1) is 59.1. The van der Waals surface area contributed by atoms with Crippen molar-refractivity contribution in [3.8, 4) is 0 Å². The van der Waals surface area contributed by atoms with Gasteiger partial charge in [-0.15, -0.1) is 0 Å². The fraction of sp³-hybridized carbons (Fsp3) is 0.694. The number of likely N-dealkylation sites (N-methyl/N-ethyl adjacent to an activating group) is 1. The van der Waals surface area contributed by atoms with E-state index < -0.39 is 42.2 Å². The van der Waals surface area contributed by atoms with Crippen LogP contribution in [-0.2, 0) is 28.8 Å². The van der Waals surface area contributed by atoms with Crippen molar-refractivity contribution in [2.75, 3.05) is 47.3 Å². The van der Waals surface area contributed by atoms with Crippen LogP contribution >= 0.6 is 0 Å². The van der Waals surface area contributed by atoms with Gasteiger partial charge in [-0.2, -0.15) is 0 Å². The van der Waals surface area contributed by atoms with Gasteiger partial charge in [0.25, 0.3) is 5.91 Å². The highest BCUT2D eigenvalue weighted by atomic mass is 16.3. The zero-order valence-electron chi connectivity index (χ0n) is 75.5. The van der Waals surface area contributed by atoms with Crippen LogP contribution < -0.4 is 86.7 Å². The number of carbonyl (C=O) groups is 6. The molecule has 0 bridgehead atoms. The number of amides is 6. The number of nitrogens with one attached hydrogen (secondary N) is 14. The summed E-state index contributed by atoms with van der Waals surface area (Å²) in [7, 11) is 5.51. The minimum absolute atomic E-state index is 0.00810. The predicted molar refractivity (Wildman–Crippen MR) is 477 cm³/mol. The minimum atomic E-state index is -0.866. The molecule has 30 atom stereocenters. The zero-order chi connectivity index (χ0) is 92.2. The number of hydrogen-bond donors (Lipinski definition) is 24. The molecule has 0 spiro atoms. The molecule has 6 amide bonds. The van der Waals surface area contributed by atoms with Crippen LogP contribution in [0.2, 0.25) is 0 Å². The summed E-state index contributed by atoms with van der Waals surface area (Å²) in [5.74, 6) is 3.06. The number of aliphatic hydroxyl groups is 6. The lowest BCUT2D eigenvalue weighted by Crippen LogP contribution is -2.64. The molecule has 12 heterocycles. The highest BCUT2D eigenvalue weighted by molar-refractivity contribution is 6.09. The van der Waals surface area contributed by atoms with Gasteiger partial charge < -0.3 is 121 Å². The van der Waals surface area contributed by atoms with Crippen LogP contribution in [0.1, 0.15) is 123 Å². The summed E-state index contributed by atoms with van der Waals surface area (Å²) < 4.78 is 0. The maximum absolute atomic E-state index is 12.5. The molecule has 0 aromatic heterocycles. The molecule has 19 rings (SSSR count). The van der Waals surface area contributed by atoms with Crippen molar-refractivity contribution in [1.82, 2.24) is 88.3 Å². The topological polar surface area (TPSA) is 610 Å². The second-order valence-corrected chi connectivity index (χ2v) is 39.6. The van der Waals surface area contributed by atoms with E-state index in [-0.39, 0.29) is 173 Å². The Balaban J connectivity index is 0.000000136. The van der Waals surface area contributed by atoms with Crippen LogP contribution in [0, 0.1) is 99.6 Å². The molecule has 41 heteroatoms. The van der Waals surface area contributed by atoms with Crippen LogP contribution in [0.3, 0.4) is 0 Å². The van der Waals surface area contributed by atoms with Gasteiger partial charge >= 0.3 is 0 Å². The standard InChI is InChI=1S/C17H27N5O3.2C15H23N5O2.C12H17N5O3.C12H19N5O.C6H8N4O.2C4H10/c1-17(2,3)22-6-7(10-14(22)20-16(18)21-15(10)25)5-19-11-8-4-9(8)12(23)13(11)24;2*1-6-11(8-3-9(8)12(6)21)17-4-7-5-20(2)13-10(7)14(22)19-15(16)18-13;13-12-16-10-8(11(20)17-12)5(4-15-10)3-14-6-1-2-7(18)9(6)19;1-6(13)7-5-17(12(2,3)4)9-8(7)10(18)16-11(14)15-9;1-10-3-9-5-4(6(10)11)7-2-8-5;2*1-4(2)3/h6,8-14,19,23-24H,4-5H2,1-3H3,(H3,18,20,21,25);2*5-6,8-13,17,21H,3-4H2,1-2H3,(H3,16,18,19,22);1-2,4,6-10,14-15,18-19H,3H2,(H3,13,16,17,20);5,8-9,13H,1-4H3,(H3,14,15,16,18);2-5H,1H3,(H,7,8);2*4H,1-3H3. The Kier molecular flexibility index (Phi) is 28.8. The van der Waals surface area contributed by atoms with Gasteiger partial charge in [0.15, 0.2) is 42.0 Å². The number of hydrogen-bond acceptors (Lipinski definition) is 34. The van der Waals surface area contributed by atoms with E-state index in [2.05, 4.69) is 175 Å². The van der Waals surface area contributed by atoms with E-state index in [9.17, 15) is 59.4 Å². The summed E-state index contributed by atoms with van der Waals surface area (Å²) in [6.45, 7) is 33.4. The second-order valence-electron chi connectivity index (χ2n) is 39.6. The molecule has 7 aliphatic carbocycles. The van der Waals surface area contributed by atoms with Gasteiger partial charge in [-0.05, 0) is 155 Å². The van der Waals surface area contributed by atoms with Gasteiger partial charge in [-0.1, -0.05) is 67.5 Å². The van der Waals surface area contributed by atoms with Gasteiger partial charge in [0.2, 0.25) is 29.5 Å². The Labute approximate surface area is 736 Å². The third kappa shape index (κ3) is 20.7. The molecule has 126 heavy (non-hydrogen) atoms. The third-order valence-electron chi connectivity index (χ3n) is 26.2. The molecule has 0 aromatic carbocycles. The molecular weight excluding hydrogens is 1620 g/mol. The number of nitrogens with zero attached hydrogens (tertiary/aromatic N) is 11. The van der Waals surface area contributed by atoms with Gasteiger partial charge in [0.1, 0.15) is 66.5 Å². The van der Waals surface area contributed by atoms with Crippen LogP contribution in [0.5, 0.6) is 0 Å². The third-order valence-corrected chi connectivity index (χ3v) is 26.2. The van der Waals surface area contributed by atoms with E-state index in [1.807, 2.05) is 74.4 Å². The summed E-state index contributed by atoms with van der Waals surface area (Å²) in [5.41, 5.74) is 27.1. The predicted octanol–water partition coefficient (Wildman–Crippen LogP) is -3.82. The number of carbonyl (C=O) groups excluding carboxylic acids is 6. The maximum Gasteiger partial charge on any atom is 0.256 e. The quantitative estimate of drug-likeness (QED) is 0.0621. The number of guanidine groups is 5. The van der Waals surface area contributed by atoms with E-state index in [1.165, 1.54) is 17.6 Å².